The highest BCUT2D eigenvalue weighted by Crippen LogP contribution is 2.21. The number of carboxylic acids is 1. The molecular formula is C24H25NO5. The quantitative estimate of drug-likeness (QED) is 0.479. The topological polar surface area (TPSA) is 77.9 Å². The Hall–Kier alpha value is -3.38. The highest BCUT2D eigenvalue weighted by molar-refractivity contribution is 5.72. The van der Waals surface area contributed by atoms with Crippen LogP contribution in [0.25, 0.3) is 11.1 Å². The van der Waals surface area contributed by atoms with Crippen molar-refractivity contribution >= 4 is 5.97 Å². The molecule has 3 aromatic rings. The van der Waals surface area contributed by atoms with E-state index in [4.69, 9.17) is 19.3 Å². The normalized spacial score (nSPS) is 11.6. The zero-order valence-corrected chi connectivity index (χ0v) is 16.9. The molecule has 0 saturated heterocycles. The van der Waals surface area contributed by atoms with Crippen molar-refractivity contribution in [3.8, 4) is 22.6 Å². The number of rotatable bonds is 11. The Morgan fingerprint density at radius 1 is 0.933 bits per heavy atom. The third-order valence-electron chi connectivity index (χ3n) is 4.58. The van der Waals surface area contributed by atoms with Crippen LogP contribution in [0.4, 0.5) is 0 Å². The van der Waals surface area contributed by atoms with Gasteiger partial charge in [0, 0.05) is 32.3 Å². The van der Waals surface area contributed by atoms with Gasteiger partial charge in [-0.05, 0) is 47.0 Å². The van der Waals surface area contributed by atoms with Gasteiger partial charge in [0.25, 0.3) is 0 Å². The van der Waals surface area contributed by atoms with Crippen LogP contribution < -0.4 is 9.47 Å². The molecule has 0 aliphatic heterocycles. The first-order valence-electron chi connectivity index (χ1n) is 9.76. The summed E-state index contributed by atoms with van der Waals surface area (Å²) in [7, 11) is 1.40. The lowest BCUT2D eigenvalue weighted by Gasteiger charge is -2.11. The Bertz CT molecular complexity index is 911. The number of carbonyl (C=O) groups is 1. The fourth-order valence-electron chi connectivity index (χ4n) is 2.92. The van der Waals surface area contributed by atoms with Crippen LogP contribution in [0, 0.1) is 0 Å². The van der Waals surface area contributed by atoms with Crippen molar-refractivity contribution in [2.75, 3.05) is 20.3 Å². The van der Waals surface area contributed by atoms with Crippen molar-refractivity contribution < 1.29 is 24.1 Å². The molecular weight excluding hydrogens is 382 g/mol. The molecule has 3 rings (SSSR count). The van der Waals surface area contributed by atoms with E-state index in [0.29, 0.717) is 19.6 Å². The van der Waals surface area contributed by atoms with E-state index in [2.05, 4.69) is 4.98 Å². The van der Waals surface area contributed by atoms with E-state index in [1.807, 2.05) is 66.9 Å². The fraction of sp³-hybridized carbons (Fsp3) is 0.250. The second-order valence-corrected chi connectivity index (χ2v) is 6.73. The predicted molar refractivity (Wildman–Crippen MR) is 114 cm³/mol. The van der Waals surface area contributed by atoms with Crippen LogP contribution >= 0.6 is 0 Å². The Morgan fingerprint density at radius 2 is 1.57 bits per heavy atom. The molecule has 6 heteroatoms. The number of pyridine rings is 1. The van der Waals surface area contributed by atoms with Crippen molar-refractivity contribution in [3.63, 3.8) is 0 Å². The van der Waals surface area contributed by atoms with Gasteiger partial charge >= 0.3 is 5.97 Å². The molecule has 1 heterocycles. The number of aromatic nitrogens is 1. The van der Waals surface area contributed by atoms with Crippen LogP contribution in [0.3, 0.4) is 0 Å². The summed E-state index contributed by atoms with van der Waals surface area (Å²) >= 11 is 0. The van der Waals surface area contributed by atoms with Crippen molar-refractivity contribution in [1.82, 2.24) is 4.98 Å². The maximum atomic E-state index is 11.0. The first-order valence-corrected chi connectivity index (χ1v) is 9.76. The molecule has 156 valence electrons. The second kappa shape index (κ2) is 11.0. The number of benzene rings is 2. The van der Waals surface area contributed by atoms with E-state index in [0.717, 1.165) is 34.6 Å². The SMILES string of the molecule is COC(Cc1ccc(OCCCOc2ccc(-c3cccnc3)cc2)cc1)C(=O)O. The maximum absolute atomic E-state index is 11.0. The standard InChI is InChI=1S/C24H25NO5/c1-28-23(24(26)27)16-18-5-9-21(10-6-18)29-14-3-15-30-22-11-7-19(8-12-22)20-4-2-13-25-17-20/h2,4-13,17,23H,3,14-16H2,1H3,(H,26,27). The minimum atomic E-state index is -0.968. The lowest BCUT2D eigenvalue weighted by Crippen LogP contribution is -2.24. The van der Waals surface area contributed by atoms with E-state index in [9.17, 15) is 4.79 Å². The van der Waals surface area contributed by atoms with Crippen molar-refractivity contribution in [3.05, 3.63) is 78.6 Å². The monoisotopic (exact) mass is 407 g/mol. The van der Waals surface area contributed by atoms with Crippen LogP contribution in [-0.4, -0.2) is 42.5 Å². The summed E-state index contributed by atoms with van der Waals surface area (Å²) in [5, 5.41) is 9.04. The largest absolute Gasteiger partial charge is 0.493 e. The summed E-state index contributed by atoms with van der Waals surface area (Å²) in [6, 6.07) is 19.2. The van der Waals surface area contributed by atoms with Gasteiger partial charge in [-0.1, -0.05) is 30.3 Å². The van der Waals surface area contributed by atoms with Crippen molar-refractivity contribution in [2.45, 2.75) is 18.9 Å². The van der Waals surface area contributed by atoms with Gasteiger partial charge in [-0.25, -0.2) is 4.79 Å². The third-order valence-corrected chi connectivity index (χ3v) is 4.58. The van der Waals surface area contributed by atoms with Crippen LogP contribution in [-0.2, 0) is 16.0 Å². The maximum Gasteiger partial charge on any atom is 0.333 e. The van der Waals surface area contributed by atoms with Gasteiger partial charge in [0.15, 0.2) is 6.10 Å². The number of methoxy groups -OCH3 is 1. The lowest BCUT2D eigenvalue weighted by molar-refractivity contribution is -0.148. The zero-order chi connectivity index (χ0) is 21.2. The summed E-state index contributed by atoms with van der Waals surface area (Å²) < 4.78 is 16.4. The molecule has 0 saturated carbocycles. The van der Waals surface area contributed by atoms with Gasteiger partial charge in [0.2, 0.25) is 0 Å². The molecule has 1 N–H and O–H groups in total. The molecule has 0 bridgehead atoms. The average molecular weight is 407 g/mol. The number of nitrogens with zero attached hydrogens (tertiary/aromatic N) is 1. The van der Waals surface area contributed by atoms with Gasteiger partial charge in [0.05, 0.1) is 13.2 Å². The molecule has 0 spiro atoms. The van der Waals surface area contributed by atoms with Crippen molar-refractivity contribution in [2.24, 2.45) is 0 Å². The molecule has 0 fully saturated rings. The Morgan fingerprint density at radius 3 is 2.10 bits per heavy atom. The molecule has 30 heavy (non-hydrogen) atoms. The second-order valence-electron chi connectivity index (χ2n) is 6.73. The number of aliphatic carboxylic acids is 1. The third kappa shape index (κ3) is 6.32. The van der Waals surface area contributed by atoms with Crippen LogP contribution in [0.2, 0.25) is 0 Å². The summed E-state index contributed by atoms with van der Waals surface area (Å²) in [4.78, 5) is 15.2. The molecule has 0 aliphatic rings. The van der Waals surface area contributed by atoms with Gasteiger partial charge in [-0.15, -0.1) is 0 Å². The molecule has 6 nitrogen and oxygen atoms in total. The molecule has 1 aromatic heterocycles. The number of hydrogen-bond donors (Lipinski definition) is 1. The molecule has 1 atom stereocenters. The summed E-state index contributed by atoms with van der Waals surface area (Å²) in [6.45, 7) is 1.08. The average Bonchev–Trinajstić information content (AvgIpc) is 2.79. The molecule has 2 aromatic carbocycles. The Kier molecular flexibility index (Phi) is 7.80. The van der Waals surface area contributed by atoms with Gasteiger partial charge < -0.3 is 19.3 Å². The zero-order valence-electron chi connectivity index (χ0n) is 16.9. The van der Waals surface area contributed by atoms with Gasteiger partial charge in [-0.3, -0.25) is 4.98 Å². The first kappa shape index (κ1) is 21.3. The van der Waals surface area contributed by atoms with Crippen LogP contribution in [0.5, 0.6) is 11.5 Å². The van der Waals surface area contributed by atoms with E-state index >= 15 is 0 Å². The minimum absolute atomic E-state index is 0.319. The number of ether oxygens (including phenoxy) is 3. The van der Waals surface area contributed by atoms with E-state index < -0.39 is 12.1 Å². The highest BCUT2D eigenvalue weighted by atomic mass is 16.5. The Balaban J connectivity index is 1.37. The van der Waals surface area contributed by atoms with E-state index in [1.54, 1.807) is 6.20 Å². The number of carboxylic acid groups (broad SMARTS) is 1. The van der Waals surface area contributed by atoms with Crippen LogP contribution in [0.15, 0.2) is 73.1 Å². The summed E-state index contributed by atoms with van der Waals surface area (Å²) in [6.07, 6.45) is 3.82. The number of hydrogen-bond acceptors (Lipinski definition) is 5. The van der Waals surface area contributed by atoms with E-state index in [1.165, 1.54) is 7.11 Å². The van der Waals surface area contributed by atoms with Crippen LogP contribution in [0.1, 0.15) is 12.0 Å². The molecule has 0 amide bonds. The minimum Gasteiger partial charge on any atom is -0.493 e. The first-order chi connectivity index (χ1) is 14.7. The van der Waals surface area contributed by atoms with Gasteiger partial charge in [0.1, 0.15) is 11.5 Å². The smallest absolute Gasteiger partial charge is 0.333 e. The van der Waals surface area contributed by atoms with E-state index in [-0.39, 0.29) is 0 Å². The summed E-state index contributed by atoms with van der Waals surface area (Å²) in [5.41, 5.74) is 3.06. The van der Waals surface area contributed by atoms with Crippen molar-refractivity contribution in [1.29, 1.82) is 0 Å². The van der Waals surface area contributed by atoms with Gasteiger partial charge in [-0.2, -0.15) is 0 Å². The lowest BCUT2D eigenvalue weighted by atomic mass is 10.1. The fourth-order valence-corrected chi connectivity index (χ4v) is 2.92. The summed E-state index contributed by atoms with van der Waals surface area (Å²) in [5.74, 6) is 0.589. The molecule has 1 unspecified atom stereocenters. The predicted octanol–water partition coefficient (Wildman–Crippen LogP) is 4.24. The Labute approximate surface area is 176 Å². The molecule has 0 radical (unpaired) electrons. The highest BCUT2D eigenvalue weighted by Gasteiger charge is 2.16. The molecule has 0 aliphatic carbocycles.